The number of hydrogen-bond acceptors (Lipinski definition) is 5. The van der Waals surface area contributed by atoms with Crippen molar-refractivity contribution in [1.82, 2.24) is 0 Å². The van der Waals surface area contributed by atoms with Crippen molar-refractivity contribution < 1.29 is 4.79 Å². The molecule has 0 atom stereocenters. The molecule has 6 N–H and O–H groups in total. The molecular weight excluding hydrogens is 260 g/mol. The third-order valence-electron chi connectivity index (χ3n) is 4.00. The fraction of sp³-hybridized carbons (Fsp3) is 0.615. The molecule has 0 radical (unpaired) electrons. The second-order valence-electron chi connectivity index (χ2n) is 5.53. The monoisotopic (exact) mass is 280 g/mol. The van der Waals surface area contributed by atoms with Crippen molar-refractivity contribution in [2.75, 3.05) is 23.7 Å². The molecule has 1 aromatic heterocycles. The molecule has 1 aromatic rings. The van der Waals surface area contributed by atoms with Gasteiger partial charge in [0.15, 0.2) is 0 Å². The van der Waals surface area contributed by atoms with Gasteiger partial charge < -0.3 is 22.1 Å². The van der Waals surface area contributed by atoms with Crippen LogP contribution in [0.1, 0.15) is 46.8 Å². The van der Waals surface area contributed by atoms with Gasteiger partial charge in [-0.3, -0.25) is 4.79 Å². The molecule has 2 heterocycles. The second kappa shape index (κ2) is 4.68. The van der Waals surface area contributed by atoms with Gasteiger partial charge in [0.1, 0.15) is 4.88 Å². The number of nitrogens with two attached hydrogens (primary N) is 3. The lowest BCUT2D eigenvalue weighted by atomic mass is 10.0. The number of nitrogens with zero attached hydrogens (tertiary/aromatic N) is 1. The third kappa shape index (κ3) is 2.30. The average molecular weight is 280 g/mol. The van der Waals surface area contributed by atoms with Crippen LogP contribution in [0.3, 0.4) is 0 Å². The van der Waals surface area contributed by atoms with Crippen molar-refractivity contribution in [3.8, 4) is 0 Å². The van der Waals surface area contributed by atoms with Crippen LogP contribution in [0.15, 0.2) is 0 Å². The quantitative estimate of drug-likeness (QED) is 0.775. The zero-order valence-corrected chi connectivity index (χ0v) is 11.7. The van der Waals surface area contributed by atoms with E-state index in [9.17, 15) is 4.79 Å². The Balaban J connectivity index is 1.95. The first-order chi connectivity index (χ1) is 9.08. The lowest BCUT2D eigenvalue weighted by Gasteiger charge is -2.31. The minimum atomic E-state index is -0.413. The summed E-state index contributed by atoms with van der Waals surface area (Å²) in [7, 11) is 0. The Hall–Kier alpha value is -1.27. The Kier molecular flexibility index (Phi) is 3.14. The molecule has 104 valence electrons. The van der Waals surface area contributed by atoms with Gasteiger partial charge in [-0.05, 0) is 31.6 Å². The lowest BCUT2D eigenvalue weighted by Crippen LogP contribution is -2.39. The standard InChI is InChI=1S/C13H20N4OS/c14-8-3-5-17(6-4-8)13-9(7-1-2-7)10(15)11(19-13)12(16)18/h7-8H,1-6,14-15H2,(H2,16,18). The molecule has 0 aromatic carbocycles. The van der Waals surface area contributed by atoms with Crippen molar-refractivity contribution >= 4 is 27.9 Å². The Morgan fingerprint density at radius 2 is 1.84 bits per heavy atom. The summed E-state index contributed by atoms with van der Waals surface area (Å²) < 4.78 is 0. The van der Waals surface area contributed by atoms with E-state index in [4.69, 9.17) is 17.2 Å². The van der Waals surface area contributed by atoms with Crippen LogP contribution >= 0.6 is 11.3 Å². The van der Waals surface area contributed by atoms with E-state index in [1.54, 1.807) is 0 Å². The fourth-order valence-corrected chi connectivity index (χ4v) is 3.94. The number of amides is 1. The van der Waals surface area contributed by atoms with Crippen LogP contribution in [0, 0.1) is 0 Å². The van der Waals surface area contributed by atoms with Gasteiger partial charge in [-0.15, -0.1) is 11.3 Å². The smallest absolute Gasteiger partial charge is 0.260 e. The van der Waals surface area contributed by atoms with Gasteiger partial charge in [0.05, 0.1) is 10.7 Å². The van der Waals surface area contributed by atoms with Gasteiger partial charge in [0.25, 0.3) is 5.91 Å². The van der Waals surface area contributed by atoms with Crippen LogP contribution in [0.4, 0.5) is 10.7 Å². The number of carbonyl (C=O) groups excluding carboxylic acids is 1. The summed E-state index contributed by atoms with van der Waals surface area (Å²) in [6.07, 6.45) is 4.32. The topological polar surface area (TPSA) is 98.4 Å². The predicted octanol–water partition coefficient (Wildman–Crippen LogP) is 1.23. The summed E-state index contributed by atoms with van der Waals surface area (Å²) >= 11 is 1.46. The number of thiophene rings is 1. The van der Waals surface area contributed by atoms with E-state index < -0.39 is 5.91 Å². The molecule has 6 heteroatoms. The average Bonchev–Trinajstić information content (AvgIpc) is 3.14. The first kappa shape index (κ1) is 12.7. The minimum absolute atomic E-state index is 0.300. The Morgan fingerprint density at radius 1 is 1.21 bits per heavy atom. The second-order valence-corrected chi connectivity index (χ2v) is 6.53. The molecule has 1 saturated carbocycles. The third-order valence-corrected chi connectivity index (χ3v) is 5.30. The van der Waals surface area contributed by atoms with Crippen molar-refractivity contribution in [1.29, 1.82) is 0 Å². The molecule has 2 fully saturated rings. The number of nitrogen functional groups attached to an aromatic ring is 1. The highest BCUT2D eigenvalue weighted by atomic mass is 32.1. The van der Waals surface area contributed by atoms with Gasteiger partial charge in [0.2, 0.25) is 0 Å². The Labute approximate surface area is 116 Å². The summed E-state index contributed by atoms with van der Waals surface area (Å²) in [5.41, 5.74) is 19.3. The van der Waals surface area contributed by atoms with E-state index in [2.05, 4.69) is 4.90 Å². The molecule has 0 bridgehead atoms. The van der Waals surface area contributed by atoms with E-state index in [1.165, 1.54) is 24.2 Å². The molecule has 0 unspecified atom stereocenters. The van der Waals surface area contributed by atoms with E-state index in [1.807, 2.05) is 0 Å². The van der Waals surface area contributed by atoms with Crippen LogP contribution in [0.5, 0.6) is 0 Å². The maximum absolute atomic E-state index is 11.5. The van der Waals surface area contributed by atoms with Crippen molar-refractivity contribution in [3.05, 3.63) is 10.4 Å². The van der Waals surface area contributed by atoms with Gasteiger partial charge in [-0.2, -0.15) is 0 Å². The molecule has 3 rings (SSSR count). The van der Waals surface area contributed by atoms with Crippen molar-refractivity contribution in [2.45, 2.75) is 37.6 Å². The molecule has 1 saturated heterocycles. The van der Waals surface area contributed by atoms with Crippen molar-refractivity contribution in [3.63, 3.8) is 0 Å². The molecular formula is C13H20N4OS. The van der Waals surface area contributed by atoms with Gasteiger partial charge >= 0.3 is 0 Å². The summed E-state index contributed by atoms with van der Waals surface area (Å²) in [6.45, 7) is 1.89. The first-order valence-corrected chi connectivity index (χ1v) is 7.62. The number of hydrogen-bond donors (Lipinski definition) is 3. The van der Waals surface area contributed by atoms with Crippen LogP contribution in [0.2, 0.25) is 0 Å². The SMILES string of the molecule is NC(=O)c1sc(N2CCC(N)CC2)c(C2CC2)c1N. The molecule has 1 amide bonds. The minimum Gasteiger partial charge on any atom is -0.397 e. The molecule has 1 aliphatic carbocycles. The lowest BCUT2D eigenvalue weighted by molar-refractivity contribution is 0.100. The Bertz CT molecular complexity index is 501. The maximum Gasteiger partial charge on any atom is 0.260 e. The number of anilines is 2. The largest absolute Gasteiger partial charge is 0.397 e. The van der Waals surface area contributed by atoms with Crippen LogP contribution < -0.4 is 22.1 Å². The van der Waals surface area contributed by atoms with Gasteiger partial charge in [0, 0.05) is 24.7 Å². The normalized spacial score (nSPS) is 20.8. The number of carbonyl (C=O) groups is 1. The van der Waals surface area contributed by atoms with E-state index in [-0.39, 0.29) is 0 Å². The first-order valence-electron chi connectivity index (χ1n) is 6.80. The van der Waals surface area contributed by atoms with Crippen molar-refractivity contribution in [2.24, 2.45) is 11.5 Å². The summed E-state index contributed by atoms with van der Waals surface area (Å²) in [6, 6.07) is 0.300. The fourth-order valence-electron chi connectivity index (χ4n) is 2.73. The van der Waals surface area contributed by atoms with Crippen LogP contribution in [0.25, 0.3) is 0 Å². The predicted molar refractivity (Wildman–Crippen MR) is 78.6 cm³/mol. The van der Waals surface area contributed by atoms with Crippen LogP contribution in [-0.4, -0.2) is 25.0 Å². The Morgan fingerprint density at radius 3 is 2.37 bits per heavy atom. The highest BCUT2D eigenvalue weighted by Gasteiger charge is 2.34. The maximum atomic E-state index is 11.5. The number of primary amides is 1. The van der Waals surface area contributed by atoms with E-state index in [0.717, 1.165) is 36.5 Å². The molecule has 2 aliphatic rings. The molecule has 1 aliphatic heterocycles. The summed E-state index contributed by atoms with van der Waals surface area (Å²) in [4.78, 5) is 14.3. The van der Waals surface area contributed by atoms with E-state index in [0.29, 0.717) is 22.5 Å². The molecule has 5 nitrogen and oxygen atoms in total. The highest BCUT2D eigenvalue weighted by molar-refractivity contribution is 7.18. The summed E-state index contributed by atoms with van der Waals surface area (Å²) in [5.74, 6) is 0.110. The molecule has 0 spiro atoms. The van der Waals surface area contributed by atoms with Gasteiger partial charge in [-0.25, -0.2) is 0 Å². The number of rotatable bonds is 3. The zero-order valence-electron chi connectivity index (χ0n) is 10.9. The number of piperidine rings is 1. The zero-order chi connectivity index (χ0) is 13.6. The van der Waals surface area contributed by atoms with E-state index >= 15 is 0 Å². The van der Waals surface area contributed by atoms with Gasteiger partial charge in [-0.1, -0.05) is 0 Å². The molecule has 19 heavy (non-hydrogen) atoms. The summed E-state index contributed by atoms with van der Waals surface area (Å²) in [5, 5.41) is 1.15. The highest BCUT2D eigenvalue weighted by Crippen LogP contribution is 2.52. The van der Waals surface area contributed by atoms with Crippen LogP contribution in [-0.2, 0) is 0 Å².